The van der Waals surface area contributed by atoms with Crippen molar-refractivity contribution in [3.8, 4) is 0 Å². The predicted octanol–water partition coefficient (Wildman–Crippen LogP) is 3.18. The van der Waals surface area contributed by atoms with Crippen molar-refractivity contribution in [2.45, 2.75) is 51.7 Å². The van der Waals surface area contributed by atoms with Gasteiger partial charge in [-0.05, 0) is 52.2 Å². The quantitative estimate of drug-likeness (QED) is 0.925. The highest BCUT2D eigenvalue weighted by Crippen LogP contribution is 2.22. The highest BCUT2D eigenvalue weighted by Gasteiger charge is 2.31. The molecule has 1 saturated heterocycles. The van der Waals surface area contributed by atoms with Crippen LogP contribution < -0.4 is 4.90 Å². The number of piperidine rings is 1. The average Bonchev–Trinajstić information content (AvgIpc) is 2.98. The van der Waals surface area contributed by atoms with Gasteiger partial charge in [0.2, 0.25) is 5.95 Å². The standard InChI is InChI=1S/C18H27N5O2/c1-18(2,3)25-17(24)23-11-6-5-8-13(23)12-22(4)16-20-14-9-7-10-19-15(14)21-16/h7,9-10,13H,5-6,8,11-12H2,1-4H3,(H,19,20,21)/t13-/m0/s1. The molecule has 3 heterocycles. The lowest BCUT2D eigenvalue weighted by Crippen LogP contribution is -2.50. The van der Waals surface area contributed by atoms with Crippen LogP contribution in [0.4, 0.5) is 10.7 Å². The molecule has 0 spiro atoms. The number of fused-ring (bicyclic) bond motifs is 1. The van der Waals surface area contributed by atoms with E-state index in [9.17, 15) is 4.79 Å². The first-order valence-electron chi connectivity index (χ1n) is 8.85. The number of hydrogen-bond donors (Lipinski definition) is 1. The molecule has 25 heavy (non-hydrogen) atoms. The number of carbonyl (C=O) groups excluding carboxylic acids is 1. The zero-order valence-corrected chi connectivity index (χ0v) is 15.5. The van der Waals surface area contributed by atoms with Crippen molar-refractivity contribution in [2.75, 3.05) is 25.0 Å². The Hall–Kier alpha value is -2.31. The molecule has 1 fully saturated rings. The number of rotatable bonds is 3. The van der Waals surface area contributed by atoms with Gasteiger partial charge in [-0.2, -0.15) is 4.98 Å². The molecule has 7 nitrogen and oxygen atoms in total. The Labute approximate surface area is 148 Å². The number of likely N-dealkylation sites (N-methyl/N-ethyl adjacent to an activating group) is 1. The molecule has 0 saturated carbocycles. The number of carbonyl (C=O) groups is 1. The summed E-state index contributed by atoms with van der Waals surface area (Å²) in [5.41, 5.74) is 1.14. The van der Waals surface area contributed by atoms with Crippen LogP contribution in [0.25, 0.3) is 11.2 Å². The van der Waals surface area contributed by atoms with E-state index in [0.29, 0.717) is 12.2 Å². The third kappa shape index (κ3) is 4.21. The number of H-pyrrole nitrogens is 1. The van der Waals surface area contributed by atoms with E-state index in [1.54, 1.807) is 6.20 Å². The van der Waals surface area contributed by atoms with Crippen molar-refractivity contribution < 1.29 is 9.53 Å². The Morgan fingerprint density at radius 1 is 1.44 bits per heavy atom. The molecular formula is C18H27N5O2. The van der Waals surface area contributed by atoms with Gasteiger partial charge in [0, 0.05) is 26.3 Å². The number of amides is 1. The highest BCUT2D eigenvalue weighted by atomic mass is 16.6. The number of aromatic amines is 1. The molecule has 1 atom stereocenters. The number of nitrogens with one attached hydrogen (secondary N) is 1. The van der Waals surface area contributed by atoms with Crippen molar-refractivity contribution in [3.63, 3.8) is 0 Å². The van der Waals surface area contributed by atoms with E-state index in [4.69, 9.17) is 4.74 Å². The number of ether oxygens (including phenoxy) is 1. The molecule has 136 valence electrons. The minimum Gasteiger partial charge on any atom is -0.444 e. The van der Waals surface area contributed by atoms with Crippen LogP contribution in [0.15, 0.2) is 18.3 Å². The summed E-state index contributed by atoms with van der Waals surface area (Å²) in [4.78, 5) is 28.5. The first-order valence-corrected chi connectivity index (χ1v) is 8.85. The summed E-state index contributed by atoms with van der Waals surface area (Å²) >= 11 is 0. The first kappa shape index (κ1) is 17.5. The molecule has 0 unspecified atom stereocenters. The van der Waals surface area contributed by atoms with E-state index in [1.165, 1.54) is 0 Å². The summed E-state index contributed by atoms with van der Waals surface area (Å²) in [6.45, 7) is 7.15. The second kappa shape index (κ2) is 6.90. The summed E-state index contributed by atoms with van der Waals surface area (Å²) in [6, 6.07) is 3.96. The molecular weight excluding hydrogens is 318 g/mol. The molecule has 1 N–H and O–H groups in total. The average molecular weight is 345 g/mol. The number of anilines is 1. The second-order valence-electron chi connectivity index (χ2n) is 7.64. The first-order chi connectivity index (χ1) is 11.8. The van der Waals surface area contributed by atoms with Crippen molar-refractivity contribution in [1.82, 2.24) is 19.9 Å². The van der Waals surface area contributed by atoms with E-state index < -0.39 is 5.60 Å². The van der Waals surface area contributed by atoms with Crippen LogP contribution in [0, 0.1) is 0 Å². The van der Waals surface area contributed by atoms with Gasteiger partial charge in [-0.15, -0.1) is 0 Å². The van der Waals surface area contributed by atoms with Gasteiger partial charge >= 0.3 is 6.09 Å². The molecule has 0 radical (unpaired) electrons. The Bertz CT molecular complexity index is 703. The maximum absolute atomic E-state index is 12.5. The van der Waals surface area contributed by atoms with Gasteiger partial charge in [-0.1, -0.05) is 0 Å². The topological polar surface area (TPSA) is 74.3 Å². The Balaban J connectivity index is 1.71. The molecule has 0 aliphatic carbocycles. The molecule has 2 aromatic heterocycles. The smallest absolute Gasteiger partial charge is 0.410 e. The maximum Gasteiger partial charge on any atom is 0.410 e. The van der Waals surface area contributed by atoms with Crippen molar-refractivity contribution >= 4 is 23.2 Å². The van der Waals surface area contributed by atoms with Gasteiger partial charge in [-0.3, -0.25) is 0 Å². The highest BCUT2D eigenvalue weighted by molar-refractivity contribution is 5.73. The van der Waals surface area contributed by atoms with Crippen molar-refractivity contribution in [3.05, 3.63) is 18.3 Å². The summed E-state index contributed by atoms with van der Waals surface area (Å²) in [6.07, 6.45) is 4.63. The molecule has 1 aliphatic rings. The second-order valence-corrected chi connectivity index (χ2v) is 7.64. The summed E-state index contributed by atoms with van der Waals surface area (Å²) in [5.74, 6) is 0.767. The molecule has 3 rings (SSSR count). The summed E-state index contributed by atoms with van der Waals surface area (Å²) in [7, 11) is 1.99. The fourth-order valence-electron chi connectivity index (χ4n) is 3.17. The molecule has 2 aromatic rings. The van der Waals surface area contributed by atoms with Gasteiger partial charge in [0.25, 0.3) is 0 Å². The third-order valence-corrected chi connectivity index (χ3v) is 4.35. The number of aromatic nitrogens is 3. The van der Waals surface area contributed by atoms with Gasteiger partial charge in [0.15, 0.2) is 5.65 Å². The number of nitrogens with zero attached hydrogens (tertiary/aromatic N) is 4. The van der Waals surface area contributed by atoms with E-state index in [0.717, 1.165) is 37.3 Å². The van der Waals surface area contributed by atoms with Crippen LogP contribution in [0.5, 0.6) is 0 Å². The maximum atomic E-state index is 12.5. The van der Waals surface area contributed by atoms with Crippen molar-refractivity contribution in [2.24, 2.45) is 0 Å². The van der Waals surface area contributed by atoms with Gasteiger partial charge < -0.3 is 19.5 Å². The number of pyridine rings is 1. The van der Waals surface area contributed by atoms with Crippen molar-refractivity contribution in [1.29, 1.82) is 0 Å². The van der Waals surface area contributed by atoms with E-state index in [1.807, 2.05) is 44.9 Å². The van der Waals surface area contributed by atoms with E-state index in [2.05, 4.69) is 19.9 Å². The van der Waals surface area contributed by atoms with Crippen LogP contribution in [-0.4, -0.2) is 57.7 Å². The number of hydrogen-bond acceptors (Lipinski definition) is 5. The summed E-state index contributed by atoms with van der Waals surface area (Å²) < 4.78 is 5.58. The minimum atomic E-state index is -0.477. The fraction of sp³-hybridized carbons (Fsp3) is 0.611. The van der Waals surface area contributed by atoms with Crippen LogP contribution in [0.2, 0.25) is 0 Å². The normalized spacial score (nSPS) is 18.4. The Kier molecular flexibility index (Phi) is 4.83. The lowest BCUT2D eigenvalue weighted by Gasteiger charge is -2.38. The van der Waals surface area contributed by atoms with E-state index in [-0.39, 0.29) is 12.1 Å². The minimum absolute atomic E-state index is 0.120. The molecule has 0 bridgehead atoms. The third-order valence-electron chi connectivity index (χ3n) is 4.35. The van der Waals surface area contributed by atoms with Gasteiger partial charge in [0.05, 0.1) is 11.6 Å². The Morgan fingerprint density at radius 3 is 2.96 bits per heavy atom. The predicted molar refractivity (Wildman–Crippen MR) is 97.7 cm³/mol. The Morgan fingerprint density at radius 2 is 2.24 bits per heavy atom. The molecule has 1 aliphatic heterocycles. The number of likely N-dealkylation sites (tertiary alicyclic amines) is 1. The van der Waals surface area contributed by atoms with Crippen LogP contribution >= 0.6 is 0 Å². The molecule has 0 aromatic carbocycles. The van der Waals surface area contributed by atoms with Gasteiger partial charge in [0.1, 0.15) is 5.60 Å². The lowest BCUT2D eigenvalue weighted by atomic mass is 10.0. The van der Waals surface area contributed by atoms with Crippen LogP contribution in [-0.2, 0) is 4.74 Å². The largest absolute Gasteiger partial charge is 0.444 e. The van der Waals surface area contributed by atoms with E-state index >= 15 is 0 Å². The summed E-state index contributed by atoms with van der Waals surface area (Å²) in [5, 5.41) is 0. The molecule has 7 heteroatoms. The van der Waals surface area contributed by atoms with Gasteiger partial charge in [-0.25, -0.2) is 9.78 Å². The van der Waals surface area contributed by atoms with Crippen LogP contribution in [0.1, 0.15) is 40.0 Å². The fourth-order valence-corrected chi connectivity index (χ4v) is 3.17. The molecule has 1 amide bonds. The van der Waals surface area contributed by atoms with Crippen LogP contribution in [0.3, 0.4) is 0 Å². The zero-order chi connectivity index (χ0) is 18.0. The zero-order valence-electron chi connectivity index (χ0n) is 15.5. The number of imidazole rings is 1. The lowest BCUT2D eigenvalue weighted by molar-refractivity contribution is 0.0108. The monoisotopic (exact) mass is 345 g/mol. The SMILES string of the molecule is CN(C[C@@H]1CCCCN1C(=O)OC(C)(C)C)c1nc2ncccc2[nH]1.